The number of benzene rings is 1. The van der Waals surface area contributed by atoms with Crippen LogP contribution in [0.1, 0.15) is 38.7 Å². The topological polar surface area (TPSA) is 38.5 Å². The Morgan fingerprint density at radius 1 is 1.32 bits per heavy atom. The summed E-state index contributed by atoms with van der Waals surface area (Å²) in [7, 11) is 0. The third-order valence-corrected chi connectivity index (χ3v) is 3.89. The SMILES string of the molecule is CC(CCN1CCOC(C)(C)C1)c1ccc(N)cc1. The smallest absolute Gasteiger partial charge is 0.0753 e. The molecule has 1 unspecified atom stereocenters. The van der Waals surface area contributed by atoms with Crippen LogP contribution in [0.3, 0.4) is 0 Å². The van der Waals surface area contributed by atoms with Gasteiger partial charge in [0.25, 0.3) is 0 Å². The van der Waals surface area contributed by atoms with Crippen molar-refractivity contribution in [3.8, 4) is 0 Å². The van der Waals surface area contributed by atoms with E-state index in [4.69, 9.17) is 10.5 Å². The Morgan fingerprint density at radius 2 is 2.00 bits per heavy atom. The normalized spacial score (nSPS) is 21.2. The van der Waals surface area contributed by atoms with Crippen molar-refractivity contribution in [3.05, 3.63) is 29.8 Å². The fraction of sp³-hybridized carbons (Fsp3) is 0.625. The van der Waals surface area contributed by atoms with E-state index in [1.807, 2.05) is 12.1 Å². The van der Waals surface area contributed by atoms with Gasteiger partial charge in [0.2, 0.25) is 0 Å². The van der Waals surface area contributed by atoms with Crippen LogP contribution in [-0.4, -0.2) is 36.7 Å². The van der Waals surface area contributed by atoms with Crippen LogP contribution in [0.25, 0.3) is 0 Å². The van der Waals surface area contributed by atoms with E-state index in [0.29, 0.717) is 5.92 Å². The molecule has 0 saturated carbocycles. The molecule has 3 nitrogen and oxygen atoms in total. The van der Waals surface area contributed by atoms with Gasteiger partial charge in [-0.3, -0.25) is 4.90 Å². The number of nitrogens with zero attached hydrogens (tertiary/aromatic N) is 1. The molecule has 2 rings (SSSR count). The Balaban J connectivity index is 1.83. The molecule has 1 heterocycles. The zero-order chi connectivity index (χ0) is 13.9. The zero-order valence-corrected chi connectivity index (χ0v) is 12.4. The second kappa shape index (κ2) is 5.93. The van der Waals surface area contributed by atoms with Crippen molar-refractivity contribution in [3.63, 3.8) is 0 Å². The summed E-state index contributed by atoms with van der Waals surface area (Å²) in [6.07, 6.45) is 1.18. The molecule has 0 aromatic heterocycles. The molecule has 3 heteroatoms. The van der Waals surface area contributed by atoms with Gasteiger partial charge in [0.15, 0.2) is 0 Å². The van der Waals surface area contributed by atoms with Gasteiger partial charge in [-0.2, -0.15) is 0 Å². The lowest BCUT2D eigenvalue weighted by molar-refractivity contribution is -0.0862. The maximum atomic E-state index is 5.74. The molecule has 0 amide bonds. The largest absolute Gasteiger partial charge is 0.399 e. The molecule has 0 bridgehead atoms. The van der Waals surface area contributed by atoms with E-state index in [9.17, 15) is 0 Å². The molecule has 19 heavy (non-hydrogen) atoms. The van der Waals surface area contributed by atoms with E-state index < -0.39 is 0 Å². The molecule has 1 aromatic carbocycles. The van der Waals surface area contributed by atoms with Crippen LogP contribution in [0.2, 0.25) is 0 Å². The van der Waals surface area contributed by atoms with Gasteiger partial charge in [-0.15, -0.1) is 0 Å². The molecule has 0 aliphatic carbocycles. The number of nitrogens with two attached hydrogens (primary N) is 1. The predicted octanol–water partition coefficient (Wildman–Crippen LogP) is 2.87. The van der Waals surface area contributed by atoms with E-state index in [-0.39, 0.29) is 5.60 Å². The maximum Gasteiger partial charge on any atom is 0.0753 e. The van der Waals surface area contributed by atoms with Gasteiger partial charge in [0.1, 0.15) is 0 Å². The Morgan fingerprint density at radius 3 is 2.63 bits per heavy atom. The zero-order valence-electron chi connectivity index (χ0n) is 12.4. The summed E-state index contributed by atoms with van der Waals surface area (Å²) in [5.41, 5.74) is 7.94. The molecule has 1 atom stereocenters. The molecule has 0 radical (unpaired) electrons. The van der Waals surface area contributed by atoms with Gasteiger partial charge in [-0.25, -0.2) is 0 Å². The lowest BCUT2D eigenvalue weighted by Gasteiger charge is -2.38. The maximum absolute atomic E-state index is 5.74. The molecule has 1 aliphatic rings. The number of ether oxygens (including phenoxy) is 1. The van der Waals surface area contributed by atoms with Gasteiger partial charge in [0, 0.05) is 18.8 Å². The average Bonchev–Trinajstić information content (AvgIpc) is 2.36. The number of hydrogen-bond acceptors (Lipinski definition) is 3. The highest BCUT2D eigenvalue weighted by Gasteiger charge is 2.26. The average molecular weight is 262 g/mol. The third kappa shape index (κ3) is 4.22. The van der Waals surface area contributed by atoms with Crippen molar-refractivity contribution in [2.75, 3.05) is 32.0 Å². The van der Waals surface area contributed by atoms with Crippen molar-refractivity contribution in [2.24, 2.45) is 0 Å². The van der Waals surface area contributed by atoms with Crippen LogP contribution in [0.15, 0.2) is 24.3 Å². The summed E-state index contributed by atoms with van der Waals surface area (Å²) in [5.74, 6) is 0.576. The summed E-state index contributed by atoms with van der Waals surface area (Å²) < 4.78 is 5.74. The van der Waals surface area contributed by atoms with Gasteiger partial charge in [0.05, 0.1) is 12.2 Å². The van der Waals surface area contributed by atoms with Crippen molar-refractivity contribution in [1.29, 1.82) is 0 Å². The van der Waals surface area contributed by atoms with E-state index in [0.717, 1.165) is 31.9 Å². The molecule has 1 aromatic rings. The van der Waals surface area contributed by atoms with E-state index in [1.165, 1.54) is 12.0 Å². The van der Waals surface area contributed by atoms with Crippen LogP contribution in [-0.2, 0) is 4.74 Å². The molecule has 2 N–H and O–H groups in total. The first kappa shape index (κ1) is 14.4. The Bertz CT molecular complexity index is 400. The molecule has 0 spiro atoms. The number of anilines is 1. The van der Waals surface area contributed by atoms with Crippen molar-refractivity contribution in [1.82, 2.24) is 4.90 Å². The van der Waals surface area contributed by atoms with Crippen LogP contribution < -0.4 is 5.73 Å². The van der Waals surface area contributed by atoms with Crippen molar-refractivity contribution < 1.29 is 4.74 Å². The quantitative estimate of drug-likeness (QED) is 0.848. The standard InChI is InChI=1S/C16H26N2O/c1-13(14-4-6-15(17)7-5-14)8-9-18-10-11-19-16(2,3)12-18/h4-7,13H,8-12,17H2,1-3H3. The highest BCUT2D eigenvalue weighted by molar-refractivity contribution is 5.40. The van der Waals surface area contributed by atoms with E-state index in [2.05, 4.69) is 37.8 Å². The Hall–Kier alpha value is -1.06. The summed E-state index contributed by atoms with van der Waals surface area (Å²) in [6.45, 7) is 10.7. The lowest BCUT2D eigenvalue weighted by Crippen LogP contribution is -2.48. The highest BCUT2D eigenvalue weighted by Crippen LogP contribution is 2.22. The minimum atomic E-state index is 0.00266. The second-order valence-corrected chi connectivity index (χ2v) is 6.24. The van der Waals surface area contributed by atoms with Crippen LogP contribution in [0.5, 0.6) is 0 Å². The molecule has 1 saturated heterocycles. The molecule has 1 fully saturated rings. The summed E-state index contributed by atoms with van der Waals surface area (Å²) in [5, 5.41) is 0. The van der Waals surface area contributed by atoms with Crippen molar-refractivity contribution in [2.45, 2.75) is 38.7 Å². The number of hydrogen-bond donors (Lipinski definition) is 1. The van der Waals surface area contributed by atoms with Crippen LogP contribution >= 0.6 is 0 Å². The third-order valence-electron chi connectivity index (χ3n) is 3.89. The summed E-state index contributed by atoms with van der Waals surface area (Å²) in [6, 6.07) is 8.26. The van der Waals surface area contributed by atoms with Gasteiger partial charge in [-0.1, -0.05) is 19.1 Å². The van der Waals surface area contributed by atoms with E-state index in [1.54, 1.807) is 0 Å². The minimum Gasteiger partial charge on any atom is -0.399 e. The Kier molecular flexibility index (Phi) is 4.48. The first-order valence-corrected chi connectivity index (χ1v) is 7.18. The fourth-order valence-electron chi connectivity index (χ4n) is 2.67. The first-order chi connectivity index (χ1) is 8.96. The Labute approximate surface area is 116 Å². The molecule has 106 valence electrons. The summed E-state index contributed by atoms with van der Waals surface area (Å²) >= 11 is 0. The monoisotopic (exact) mass is 262 g/mol. The first-order valence-electron chi connectivity index (χ1n) is 7.18. The molecular weight excluding hydrogens is 236 g/mol. The van der Waals surface area contributed by atoms with Gasteiger partial charge in [-0.05, 0) is 50.4 Å². The molecular formula is C16H26N2O. The van der Waals surface area contributed by atoms with Crippen molar-refractivity contribution >= 4 is 5.69 Å². The lowest BCUT2D eigenvalue weighted by atomic mass is 9.97. The predicted molar refractivity (Wildman–Crippen MR) is 80.4 cm³/mol. The van der Waals surface area contributed by atoms with Crippen LogP contribution in [0, 0.1) is 0 Å². The van der Waals surface area contributed by atoms with Gasteiger partial charge < -0.3 is 10.5 Å². The number of rotatable bonds is 4. The van der Waals surface area contributed by atoms with E-state index >= 15 is 0 Å². The second-order valence-electron chi connectivity index (χ2n) is 6.24. The fourth-order valence-corrected chi connectivity index (χ4v) is 2.67. The number of morpholine rings is 1. The number of nitrogen functional groups attached to an aromatic ring is 1. The molecule has 1 aliphatic heterocycles. The van der Waals surface area contributed by atoms with Gasteiger partial charge >= 0.3 is 0 Å². The van der Waals surface area contributed by atoms with Crippen LogP contribution in [0.4, 0.5) is 5.69 Å². The minimum absolute atomic E-state index is 0.00266. The summed E-state index contributed by atoms with van der Waals surface area (Å²) in [4.78, 5) is 2.51. The highest BCUT2D eigenvalue weighted by atomic mass is 16.5.